The lowest BCUT2D eigenvalue weighted by atomic mass is 9.98. The van der Waals surface area contributed by atoms with E-state index < -0.39 is 0 Å². The van der Waals surface area contributed by atoms with Gasteiger partial charge in [0, 0.05) is 49.2 Å². The second kappa shape index (κ2) is 10.4. The topological polar surface area (TPSA) is 108 Å². The summed E-state index contributed by atoms with van der Waals surface area (Å²) in [5.74, 6) is 3.33. The maximum Gasteiger partial charge on any atom is 0.319 e. The van der Waals surface area contributed by atoms with Crippen LogP contribution in [0.15, 0.2) is 36.5 Å². The van der Waals surface area contributed by atoms with Gasteiger partial charge in [0.05, 0.1) is 24.9 Å². The first-order valence-electron chi connectivity index (χ1n) is 12.5. The second-order valence-corrected chi connectivity index (χ2v) is 8.98. The molecular formula is C26H32N8O2. The van der Waals surface area contributed by atoms with E-state index in [-0.39, 0.29) is 12.1 Å². The summed E-state index contributed by atoms with van der Waals surface area (Å²) in [5.41, 5.74) is 3.84. The normalized spacial score (nSPS) is 17.5. The fourth-order valence-electron chi connectivity index (χ4n) is 4.77. The Bertz CT molecular complexity index is 1230. The van der Waals surface area contributed by atoms with E-state index in [1.165, 1.54) is 5.56 Å². The number of morpholine rings is 1. The molecule has 188 valence electrons. The maximum atomic E-state index is 11.9. The highest BCUT2D eigenvalue weighted by Gasteiger charge is 2.31. The number of fused-ring (bicyclic) bond motifs is 1. The van der Waals surface area contributed by atoms with E-state index in [1.807, 2.05) is 44.2 Å². The zero-order chi connectivity index (χ0) is 25.1. The Morgan fingerprint density at radius 2 is 1.86 bits per heavy atom. The van der Waals surface area contributed by atoms with Crippen molar-refractivity contribution in [1.29, 1.82) is 0 Å². The first-order chi connectivity index (χ1) is 17.5. The Kier molecular flexibility index (Phi) is 6.95. The average Bonchev–Trinajstić information content (AvgIpc) is 2.89. The van der Waals surface area contributed by atoms with E-state index in [0.717, 1.165) is 60.5 Å². The number of nitrogens with zero attached hydrogens (tertiary/aromatic N) is 6. The van der Waals surface area contributed by atoms with Crippen LogP contribution in [-0.4, -0.2) is 65.4 Å². The minimum Gasteiger partial charge on any atom is -0.378 e. The van der Waals surface area contributed by atoms with E-state index in [1.54, 1.807) is 6.20 Å². The average molecular weight is 489 g/mol. The fourth-order valence-corrected chi connectivity index (χ4v) is 4.77. The third-order valence-corrected chi connectivity index (χ3v) is 6.59. The van der Waals surface area contributed by atoms with Crippen molar-refractivity contribution in [3.63, 3.8) is 0 Å². The largest absolute Gasteiger partial charge is 0.378 e. The molecule has 0 bridgehead atoms. The van der Waals surface area contributed by atoms with E-state index in [9.17, 15) is 4.79 Å². The van der Waals surface area contributed by atoms with E-state index in [2.05, 4.69) is 37.3 Å². The molecule has 0 spiro atoms. The number of amides is 2. The van der Waals surface area contributed by atoms with Crippen LogP contribution in [0.4, 0.5) is 22.1 Å². The van der Waals surface area contributed by atoms with Gasteiger partial charge in [0.25, 0.3) is 0 Å². The van der Waals surface area contributed by atoms with Crippen LogP contribution in [0.3, 0.4) is 0 Å². The van der Waals surface area contributed by atoms with Gasteiger partial charge < -0.3 is 25.2 Å². The maximum absolute atomic E-state index is 11.9. The lowest BCUT2D eigenvalue weighted by Crippen LogP contribution is -2.40. The quantitative estimate of drug-likeness (QED) is 0.563. The Morgan fingerprint density at radius 3 is 2.58 bits per heavy atom. The molecule has 10 nitrogen and oxygen atoms in total. The summed E-state index contributed by atoms with van der Waals surface area (Å²) in [6, 6.07) is 9.42. The zero-order valence-corrected chi connectivity index (χ0v) is 21.0. The monoisotopic (exact) mass is 488 g/mol. The number of anilines is 3. The number of ether oxygens (including phenoxy) is 1. The molecule has 1 aromatic carbocycles. The number of urea groups is 1. The molecule has 1 fully saturated rings. The molecule has 2 amide bonds. The number of carbonyl (C=O) groups excluding carboxylic acids is 1. The summed E-state index contributed by atoms with van der Waals surface area (Å²) in [7, 11) is 0. The van der Waals surface area contributed by atoms with Crippen molar-refractivity contribution in [3.05, 3.63) is 53.6 Å². The van der Waals surface area contributed by atoms with Crippen LogP contribution in [0.5, 0.6) is 0 Å². The lowest BCUT2D eigenvalue weighted by molar-refractivity contribution is 0.122. The number of aromatic nitrogens is 4. The van der Waals surface area contributed by atoms with Crippen LogP contribution in [0.2, 0.25) is 0 Å². The van der Waals surface area contributed by atoms with Gasteiger partial charge in [0.2, 0.25) is 0 Å². The molecule has 0 unspecified atom stereocenters. The van der Waals surface area contributed by atoms with Crippen molar-refractivity contribution in [2.24, 2.45) is 0 Å². The van der Waals surface area contributed by atoms with Gasteiger partial charge >= 0.3 is 6.03 Å². The van der Waals surface area contributed by atoms with Gasteiger partial charge in [0.1, 0.15) is 17.5 Å². The molecule has 0 radical (unpaired) electrons. The smallest absolute Gasteiger partial charge is 0.319 e. The van der Waals surface area contributed by atoms with Crippen molar-refractivity contribution in [1.82, 2.24) is 25.3 Å². The fraction of sp³-hybridized carbons (Fsp3) is 0.423. The van der Waals surface area contributed by atoms with Gasteiger partial charge in [-0.15, -0.1) is 0 Å². The van der Waals surface area contributed by atoms with Crippen LogP contribution in [0.1, 0.15) is 37.0 Å². The van der Waals surface area contributed by atoms with Gasteiger partial charge in [0.15, 0.2) is 5.82 Å². The summed E-state index contributed by atoms with van der Waals surface area (Å²) in [5, 5.41) is 5.58. The Morgan fingerprint density at radius 1 is 1.08 bits per heavy atom. The summed E-state index contributed by atoms with van der Waals surface area (Å²) in [4.78, 5) is 35.5. The van der Waals surface area contributed by atoms with Gasteiger partial charge in [-0.1, -0.05) is 0 Å². The van der Waals surface area contributed by atoms with Crippen LogP contribution >= 0.6 is 0 Å². The third kappa shape index (κ3) is 4.94. The summed E-state index contributed by atoms with van der Waals surface area (Å²) in [6.45, 7) is 10.4. The standard InChI is InChI=1S/C26H32N8O2/c1-4-27-26(35)30-20-7-5-19(6-8-20)24-31-23-17(2)34(22-9-11-28-18(3)29-22)12-10-21(23)25(32-24)33-13-15-36-16-14-33/h5-9,11,17H,4,10,12-16H2,1-3H3,(H2,27,30,35)/t17-/m1/s1. The Hall–Kier alpha value is -3.79. The number of hydrogen-bond donors (Lipinski definition) is 2. The number of nitrogens with one attached hydrogen (secondary N) is 2. The number of benzene rings is 1. The molecule has 36 heavy (non-hydrogen) atoms. The van der Waals surface area contributed by atoms with Gasteiger partial charge in [-0.25, -0.2) is 24.7 Å². The van der Waals surface area contributed by atoms with Crippen molar-refractivity contribution in [2.45, 2.75) is 33.2 Å². The SMILES string of the molecule is CCNC(=O)Nc1ccc(-c2nc3c(c(N4CCOCC4)n2)CCN(c2ccnc(C)n2)[C@@H]3C)cc1. The minimum atomic E-state index is -0.223. The van der Waals surface area contributed by atoms with Crippen molar-refractivity contribution in [3.8, 4) is 11.4 Å². The molecule has 4 heterocycles. The second-order valence-electron chi connectivity index (χ2n) is 8.98. The molecule has 1 saturated heterocycles. The highest BCUT2D eigenvalue weighted by atomic mass is 16.5. The number of aryl methyl sites for hydroxylation is 1. The summed E-state index contributed by atoms with van der Waals surface area (Å²) in [6.07, 6.45) is 2.64. The molecule has 2 N–H and O–H groups in total. The highest BCUT2D eigenvalue weighted by molar-refractivity contribution is 5.89. The molecule has 5 rings (SSSR count). The van der Waals surface area contributed by atoms with Gasteiger partial charge in [-0.3, -0.25) is 0 Å². The molecule has 0 saturated carbocycles. The van der Waals surface area contributed by atoms with Crippen molar-refractivity contribution >= 4 is 23.4 Å². The predicted octanol–water partition coefficient (Wildman–Crippen LogP) is 3.34. The molecular weight excluding hydrogens is 456 g/mol. The highest BCUT2D eigenvalue weighted by Crippen LogP contribution is 2.37. The third-order valence-electron chi connectivity index (χ3n) is 6.59. The molecule has 2 aromatic heterocycles. The van der Waals surface area contributed by atoms with Crippen LogP contribution in [0.25, 0.3) is 11.4 Å². The van der Waals surface area contributed by atoms with Gasteiger partial charge in [-0.05, 0) is 57.5 Å². The first kappa shape index (κ1) is 23.9. The van der Waals surface area contributed by atoms with E-state index >= 15 is 0 Å². The van der Waals surface area contributed by atoms with Crippen molar-refractivity contribution in [2.75, 3.05) is 54.5 Å². The van der Waals surface area contributed by atoms with E-state index in [0.29, 0.717) is 25.6 Å². The minimum absolute atomic E-state index is 0.0308. The van der Waals surface area contributed by atoms with Crippen molar-refractivity contribution < 1.29 is 9.53 Å². The molecule has 2 aliphatic rings. The lowest BCUT2D eigenvalue weighted by Gasteiger charge is -2.38. The van der Waals surface area contributed by atoms with E-state index in [4.69, 9.17) is 14.7 Å². The van der Waals surface area contributed by atoms with Crippen LogP contribution < -0.4 is 20.4 Å². The molecule has 2 aliphatic heterocycles. The van der Waals surface area contributed by atoms with Crippen LogP contribution in [0, 0.1) is 6.92 Å². The Balaban J connectivity index is 1.52. The summed E-state index contributed by atoms with van der Waals surface area (Å²) < 4.78 is 5.60. The predicted molar refractivity (Wildman–Crippen MR) is 139 cm³/mol. The van der Waals surface area contributed by atoms with Gasteiger partial charge in [-0.2, -0.15) is 0 Å². The number of carbonyl (C=O) groups is 1. The molecule has 10 heteroatoms. The number of rotatable bonds is 5. The zero-order valence-electron chi connectivity index (χ0n) is 21.0. The summed E-state index contributed by atoms with van der Waals surface area (Å²) >= 11 is 0. The first-order valence-corrected chi connectivity index (χ1v) is 12.5. The molecule has 0 aliphatic carbocycles. The number of hydrogen-bond acceptors (Lipinski definition) is 8. The Labute approximate surface area is 211 Å². The van der Waals surface area contributed by atoms with Crippen LogP contribution in [-0.2, 0) is 11.2 Å². The molecule has 3 aromatic rings. The molecule has 1 atom stereocenters.